The van der Waals surface area contributed by atoms with E-state index in [-0.39, 0.29) is 17.4 Å². The molecule has 19 heavy (non-hydrogen) atoms. The van der Waals surface area contributed by atoms with Gasteiger partial charge >= 0.3 is 0 Å². The summed E-state index contributed by atoms with van der Waals surface area (Å²) in [6.07, 6.45) is 0.901. The van der Waals surface area contributed by atoms with Crippen LogP contribution in [0.1, 0.15) is 54.8 Å². The van der Waals surface area contributed by atoms with Crippen LogP contribution in [0.25, 0.3) is 0 Å². The van der Waals surface area contributed by atoms with Crippen LogP contribution in [-0.4, -0.2) is 23.9 Å². The number of amides is 2. The molecule has 2 N–H and O–H groups in total. The molecule has 104 valence electrons. The fourth-order valence-corrected chi connectivity index (χ4v) is 1.53. The second-order valence-electron chi connectivity index (χ2n) is 5.54. The molecule has 0 spiro atoms. The molecular weight excluding hydrogens is 240 g/mol. The van der Waals surface area contributed by atoms with Crippen molar-refractivity contribution in [2.24, 2.45) is 0 Å². The van der Waals surface area contributed by atoms with Crippen molar-refractivity contribution >= 4 is 11.8 Å². The second kappa shape index (κ2) is 6.36. The lowest BCUT2D eigenvalue weighted by atomic mass is 10.1. The average Bonchev–Trinajstić information content (AvgIpc) is 2.34. The van der Waals surface area contributed by atoms with Crippen molar-refractivity contribution in [3.63, 3.8) is 0 Å². The number of hydrogen-bond acceptors (Lipinski definition) is 2. The molecule has 0 aliphatic carbocycles. The van der Waals surface area contributed by atoms with E-state index in [1.54, 1.807) is 24.3 Å². The minimum atomic E-state index is -0.270. The quantitative estimate of drug-likeness (QED) is 0.875. The standard InChI is InChI=1S/C15H22N2O2/c1-5-10-16-13(18)11-6-8-12(9-7-11)14(19)17-15(2,3)4/h6-9H,5,10H2,1-4H3,(H,16,18)(H,17,19). The molecule has 2 amide bonds. The average molecular weight is 262 g/mol. The summed E-state index contributed by atoms with van der Waals surface area (Å²) in [5, 5.41) is 5.67. The van der Waals surface area contributed by atoms with Crippen molar-refractivity contribution in [1.29, 1.82) is 0 Å². The predicted octanol–water partition coefficient (Wildman–Crippen LogP) is 2.35. The lowest BCUT2D eigenvalue weighted by Gasteiger charge is -2.20. The topological polar surface area (TPSA) is 58.2 Å². The molecule has 4 heteroatoms. The van der Waals surface area contributed by atoms with E-state index in [4.69, 9.17) is 0 Å². The summed E-state index contributed by atoms with van der Waals surface area (Å²) in [4.78, 5) is 23.6. The third kappa shape index (κ3) is 5.12. The van der Waals surface area contributed by atoms with Gasteiger partial charge in [0.15, 0.2) is 0 Å². The summed E-state index contributed by atoms with van der Waals surface area (Å²) in [6, 6.07) is 6.68. The molecular formula is C15H22N2O2. The maximum atomic E-state index is 11.9. The number of nitrogens with one attached hydrogen (secondary N) is 2. The Bertz CT molecular complexity index is 444. The van der Waals surface area contributed by atoms with Crippen LogP contribution in [0.4, 0.5) is 0 Å². The molecule has 0 fully saturated rings. The molecule has 0 heterocycles. The Balaban J connectivity index is 2.71. The van der Waals surface area contributed by atoms with Crippen molar-refractivity contribution in [2.75, 3.05) is 6.54 Å². The van der Waals surface area contributed by atoms with E-state index < -0.39 is 0 Å². The van der Waals surface area contributed by atoms with Crippen LogP contribution in [0.15, 0.2) is 24.3 Å². The van der Waals surface area contributed by atoms with E-state index in [1.807, 2.05) is 27.7 Å². The highest BCUT2D eigenvalue weighted by Gasteiger charge is 2.15. The zero-order chi connectivity index (χ0) is 14.5. The van der Waals surface area contributed by atoms with Gasteiger partial charge in [-0.05, 0) is 51.5 Å². The van der Waals surface area contributed by atoms with E-state index >= 15 is 0 Å². The number of hydrogen-bond donors (Lipinski definition) is 2. The second-order valence-corrected chi connectivity index (χ2v) is 5.54. The molecule has 0 aliphatic rings. The van der Waals surface area contributed by atoms with Gasteiger partial charge in [-0.2, -0.15) is 0 Å². The van der Waals surface area contributed by atoms with Crippen molar-refractivity contribution in [1.82, 2.24) is 10.6 Å². The minimum absolute atomic E-state index is 0.107. The molecule has 0 saturated heterocycles. The molecule has 4 nitrogen and oxygen atoms in total. The van der Waals surface area contributed by atoms with Gasteiger partial charge in [0, 0.05) is 23.2 Å². The number of carbonyl (C=O) groups is 2. The number of rotatable bonds is 4. The Hall–Kier alpha value is -1.84. The first-order chi connectivity index (χ1) is 8.83. The largest absolute Gasteiger partial charge is 0.352 e. The van der Waals surface area contributed by atoms with Gasteiger partial charge in [0.05, 0.1) is 0 Å². The van der Waals surface area contributed by atoms with Crippen LogP contribution in [0.5, 0.6) is 0 Å². The Morgan fingerprint density at radius 3 is 1.89 bits per heavy atom. The third-order valence-corrected chi connectivity index (χ3v) is 2.43. The zero-order valence-electron chi connectivity index (χ0n) is 12.0. The summed E-state index contributed by atoms with van der Waals surface area (Å²) in [7, 11) is 0. The summed E-state index contributed by atoms with van der Waals surface area (Å²) in [5.41, 5.74) is 0.858. The molecule has 0 bridgehead atoms. The third-order valence-electron chi connectivity index (χ3n) is 2.43. The summed E-state index contributed by atoms with van der Waals surface area (Å²) in [6.45, 7) is 8.44. The van der Waals surface area contributed by atoms with Gasteiger partial charge in [-0.15, -0.1) is 0 Å². The summed E-state index contributed by atoms with van der Waals surface area (Å²) < 4.78 is 0. The van der Waals surface area contributed by atoms with E-state index in [1.165, 1.54) is 0 Å². The molecule has 0 aromatic heterocycles. The Labute approximate surface area is 114 Å². The van der Waals surface area contributed by atoms with E-state index in [0.717, 1.165) is 6.42 Å². The Kier molecular flexibility index (Phi) is 5.10. The fourth-order valence-electron chi connectivity index (χ4n) is 1.53. The number of carbonyl (C=O) groups excluding carboxylic acids is 2. The maximum Gasteiger partial charge on any atom is 0.251 e. The van der Waals surface area contributed by atoms with Crippen LogP contribution in [0.2, 0.25) is 0 Å². The zero-order valence-corrected chi connectivity index (χ0v) is 12.0. The van der Waals surface area contributed by atoms with Crippen molar-refractivity contribution < 1.29 is 9.59 Å². The van der Waals surface area contributed by atoms with Crippen molar-refractivity contribution in [2.45, 2.75) is 39.7 Å². The SMILES string of the molecule is CCCNC(=O)c1ccc(C(=O)NC(C)(C)C)cc1. The van der Waals surface area contributed by atoms with Crippen LogP contribution in [-0.2, 0) is 0 Å². The first-order valence-corrected chi connectivity index (χ1v) is 6.54. The Morgan fingerprint density at radius 1 is 1.00 bits per heavy atom. The molecule has 1 aromatic rings. The van der Waals surface area contributed by atoms with Gasteiger partial charge in [0.1, 0.15) is 0 Å². The lowest BCUT2D eigenvalue weighted by molar-refractivity contribution is 0.0915. The molecule has 0 saturated carbocycles. The molecule has 0 radical (unpaired) electrons. The Morgan fingerprint density at radius 2 is 1.47 bits per heavy atom. The van der Waals surface area contributed by atoms with E-state index in [2.05, 4.69) is 10.6 Å². The highest BCUT2D eigenvalue weighted by molar-refractivity contribution is 5.98. The van der Waals surface area contributed by atoms with Crippen LogP contribution in [0, 0.1) is 0 Å². The lowest BCUT2D eigenvalue weighted by Crippen LogP contribution is -2.40. The highest BCUT2D eigenvalue weighted by Crippen LogP contribution is 2.07. The monoisotopic (exact) mass is 262 g/mol. The van der Waals surface area contributed by atoms with Gasteiger partial charge in [-0.25, -0.2) is 0 Å². The molecule has 1 aromatic carbocycles. The van der Waals surface area contributed by atoms with Crippen molar-refractivity contribution in [3.05, 3.63) is 35.4 Å². The van der Waals surface area contributed by atoms with Gasteiger partial charge in [-0.1, -0.05) is 6.92 Å². The van der Waals surface area contributed by atoms with E-state index in [0.29, 0.717) is 17.7 Å². The molecule has 1 rings (SSSR count). The normalized spacial score (nSPS) is 10.9. The predicted molar refractivity (Wildman–Crippen MR) is 76.3 cm³/mol. The highest BCUT2D eigenvalue weighted by atomic mass is 16.2. The van der Waals surface area contributed by atoms with Crippen LogP contribution < -0.4 is 10.6 Å². The van der Waals surface area contributed by atoms with Gasteiger partial charge in [0.2, 0.25) is 0 Å². The van der Waals surface area contributed by atoms with Crippen molar-refractivity contribution in [3.8, 4) is 0 Å². The number of benzene rings is 1. The first kappa shape index (κ1) is 15.2. The minimum Gasteiger partial charge on any atom is -0.352 e. The van der Waals surface area contributed by atoms with Gasteiger partial charge in [0.25, 0.3) is 11.8 Å². The van der Waals surface area contributed by atoms with Gasteiger partial charge < -0.3 is 10.6 Å². The molecule has 0 atom stereocenters. The fraction of sp³-hybridized carbons (Fsp3) is 0.467. The molecule has 0 unspecified atom stereocenters. The summed E-state index contributed by atoms with van der Waals surface area (Å²) >= 11 is 0. The first-order valence-electron chi connectivity index (χ1n) is 6.54. The smallest absolute Gasteiger partial charge is 0.251 e. The van der Waals surface area contributed by atoms with Crippen LogP contribution >= 0.6 is 0 Å². The van der Waals surface area contributed by atoms with Crippen LogP contribution in [0.3, 0.4) is 0 Å². The van der Waals surface area contributed by atoms with Gasteiger partial charge in [-0.3, -0.25) is 9.59 Å². The maximum absolute atomic E-state index is 11.9. The van der Waals surface area contributed by atoms with E-state index in [9.17, 15) is 9.59 Å². The summed E-state index contributed by atoms with van der Waals surface area (Å²) in [5.74, 6) is -0.238. The molecule has 0 aliphatic heterocycles.